The lowest BCUT2D eigenvalue weighted by Crippen LogP contribution is -2.55. The van der Waals surface area contributed by atoms with E-state index in [0.29, 0.717) is 32.1 Å². The molecule has 0 aliphatic rings. The zero-order valence-electron chi connectivity index (χ0n) is 14.8. The van der Waals surface area contributed by atoms with Crippen LogP contribution in [0.3, 0.4) is 0 Å². The first-order valence-corrected chi connectivity index (χ1v) is 8.19. The summed E-state index contributed by atoms with van der Waals surface area (Å²) in [6.07, 6.45) is 1.84. The molecule has 0 heterocycles. The van der Waals surface area contributed by atoms with Crippen molar-refractivity contribution in [2.45, 2.75) is 51.2 Å². The van der Waals surface area contributed by atoms with Crippen molar-refractivity contribution in [3.63, 3.8) is 0 Å². The van der Waals surface area contributed by atoms with Crippen molar-refractivity contribution in [3.8, 4) is 0 Å². The van der Waals surface area contributed by atoms with E-state index in [1.54, 1.807) is 0 Å². The Kier molecular flexibility index (Phi) is 11.1. The molecule has 0 aliphatic carbocycles. The van der Waals surface area contributed by atoms with Crippen molar-refractivity contribution in [1.29, 1.82) is 0 Å². The van der Waals surface area contributed by atoms with Crippen molar-refractivity contribution in [2.75, 3.05) is 13.2 Å². The number of hydrogen-bond donors (Lipinski definition) is 6. The number of aliphatic imine (C=N–C) groups is 1. The average molecular weight is 358 g/mol. The van der Waals surface area contributed by atoms with Crippen LogP contribution in [0.5, 0.6) is 0 Å². The summed E-state index contributed by atoms with van der Waals surface area (Å²) in [6.45, 7) is 3.55. The molecule has 2 amide bonds. The third-order valence-electron chi connectivity index (χ3n) is 3.34. The highest BCUT2D eigenvalue weighted by Crippen LogP contribution is 2.03. The molecule has 25 heavy (non-hydrogen) atoms. The Bertz CT molecular complexity index is 465. The monoisotopic (exact) mass is 358 g/mol. The SMILES string of the molecule is CC(C)CC(N)C(=O)NC(CO)C(=O)NC(C=O)CCCN=C(N)N. The maximum Gasteiger partial charge on any atom is 0.245 e. The van der Waals surface area contributed by atoms with Crippen LogP contribution in [0, 0.1) is 5.92 Å². The van der Waals surface area contributed by atoms with Crippen LogP contribution in [0.4, 0.5) is 0 Å². The first kappa shape index (κ1) is 22.8. The van der Waals surface area contributed by atoms with Gasteiger partial charge in [-0.25, -0.2) is 0 Å². The standard InChI is InChI=1S/C15H30N6O4/c1-9(2)6-11(16)13(24)21-12(8-23)14(25)20-10(7-22)4-3-5-19-15(17)18/h7,9-12,23H,3-6,8,16H2,1-2H3,(H,20,25)(H,21,24)(H4,17,18,19). The Morgan fingerprint density at radius 1 is 1.20 bits per heavy atom. The van der Waals surface area contributed by atoms with Gasteiger partial charge >= 0.3 is 0 Å². The van der Waals surface area contributed by atoms with E-state index in [0.717, 1.165) is 0 Å². The second-order valence-electron chi connectivity index (χ2n) is 6.18. The second kappa shape index (κ2) is 12.2. The molecule has 0 aliphatic heterocycles. The zero-order valence-corrected chi connectivity index (χ0v) is 14.8. The van der Waals surface area contributed by atoms with Gasteiger partial charge in [-0.1, -0.05) is 13.8 Å². The predicted molar refractivity (Wildman–Crippen MR) is 94.4 cm³/mol. The van der Waals surface area contributed by atoms with Crippen molar-refractivity contribution in [1.82, 2.24) is 10.6 Å². The van der Waals surface area contributed by atoms with E-state index in [1.807, 2.05) is 13.8 Å². The molecule has 0 aromatic heterocycles. The number of carbonyl (C=O) groups excluding carboxylic acids is 3. The highest BCUT2D eigenvalue weighted by molar-refractivity contribution is 5.90. The van der Waals surface area contributed by atoms with Crippen LogP contribution in [0.25, 0.3) is 0 Å². The van der Waals surface area contributed by atoms with Crippen LogP contribution in [0.2, 0.25) is 0 Å². The van der Waals surface area contributed by atoms with Gasteiger partial charge < -0.3 is 37.7 Å². The Morgan fingerprint density at radius 3 is 2.32 bits per heavy atom. The van der Waals surface area contributed by atoms with Gasteiger partial charge in [0.15, 0.2) is 5.96 Å². The van der Waals surface area contributed by atoms with Gasteiger partial charge in [0.25, 0.3) is 0 Å². The predicted octanol–water partition coefficient (Wildman–Crippen LogP) is -2.43. The first-order valence-electron chi connectivity index (χ1n) is 8.19. The Hall–Kier alpha value is -2.20. The van der Waals surface area contributed by atoms with E-state index in [1.165, 1.54) is 0 Å². The molecule has 3 unspecified atom stereocenters. The van der Waals surface area contributed by atoms with E-state index in [4.69, 9.17) is 17.2 Å². The number of amides is 2. The quantitative estimate of drug-likeness (QED) is 0.0968. The maximum absolute atomic E-state index is 12.1. The van der Waals surface area contributed by atoms with Crippen molar-refractivity contribution >= 4 is 24.1 Å². The number of aliphatic hydroxyl groups excluding tert-OH is 1. The molecule has 0 aromatic rings. The number of aldehydes is 1. The fourth-order valence-electron chi connectivity index (χ4n) is 2.06. The van der Waals surface area contributed by atoms with E-state index >= 15 is 0 Å². The third kappa shape index (κ3) is 10.3. The fourth-order valence-corrected chi connectivity index (χ4v) is 2.06. The zero-order chi connectivity index (χ0) is 19.4. The lowest BCUT2D eigenvalue weighted by Gasteiger charge is -2.21. The summed E-state index contributed by atoms with van der Waals surface area (Å²) in [7, 11) is 0. The molecule has 10 heteroatoms. The first-order chi connectivity index (χ1) is 11.7. The molecule has 0 saturated carbocycles. The minimum Gasteiger partial charge on any atom is -0.394 e. The molecule has 0 aromatic carbocycles. The van der Waals surface area contributed by atoms with Gasteiger partial charge in [0.1, 0.15) is 12.3 Å². The van der Waals surface area contributed by atoms with Gasteiger partial charge in [0, 0.05) is 6.54 Å². The van der Waals surface area contributed by atoms with Crippen LogP contribution in [0.15, 0.2) is 4.99 Å². The van der Waals surface area contributed by atoms with E-state index < -0.39 is 36.5 Å². The molecule has 0 radical (unpaired) electrons. The van der Waals surface area contributed by atoms with Gasteiger partial charge in [0.05, 0.1) is 18.7 Å². The molecule has 144 valence electrons. The molecule has 0 fully saturated rings. The van der Waals surface area contributed by atoms with Gasteiger partial charge in [-0.05, 0) is 25.2 Å². The van der Waals surface area contributed by atoms with Crippen LogP contribution in [-0.2, 0) is 14.4 Å². The number of rotatable bonds is 12. The minimum atomic E-state index is -1.18. The van der Waals surface area contributed by atoms with E-state index in [-0.39, 0.29) is 11.9 Å². The van der Waals surface area contributed by atoms with Crippen LogP contribution in [-0.4, -0.2) is 60.4 Å². The highest BCUT2D eigenvalue weighted by atomic mass is 16.3. The van der Waals surface area contributed by atoms with E-state index in [9.17, 15) is 19.5 Å². The molecular formula is C15H30N6O4. The molecule has 9 N–H and O–H groups in total. The van der Waals surface area contributed by atoms with Crippen LogP contribution in [0.1, 0.15) is 33.1 Å². The Morgan fingerprint density at radius 2 is 1.84 bits per heavy atom. The summed E-state index contributed by atoms with van der Waals surface area (Å²) >= 11 is 0. The fraction of sp³-hybridized carbons (Fsp3) is 0.733. The molecule has 3 atom stereocenters. The number of guanidine groups is 1. The largest absolute Gasteiger partial charge is 0.394 e. The maximum atomic E-state index is 12.1. The third-order valence-corrected chi connectivity index (χ3v) is 3.34. The Balaban J connectivity index is 4.52. The minimum absolute atomic E-state index is 0.0486. The number of nitrogens with one attached hydrogen (secondary N) is 2. The summed E-state index contributed by atoms with van der Waals surface area (Å²) in [6, 6.07) is -2.72. The lowest BCUT2D eigenvalue weighted by atomic mass is 10.0. The molecule has 0 bridgehead atoms. The molecule has 10 nitrogen and oxygen atoms in total. The van der Waals surface area contributed by atoms with Gasteiger partial charge in [-0.3, -0.25) is 14.6 Å². The van der Waals surface area contributed by atoms with Gasteiger partial charge in [-0.2, -0.15) is 0 Å². The summed E-state index contributed by atoms with van der Waals surface area (Å²) in [5.74, 6) is -1.02. The van der Waals surface area contributed by atoms with Crippen LogP contribution < -0.4 is 27.8 Å². The normalized spacial score (nSPS) is 14.3. The topological polar surface area (TPSA) is 186 Å². The number of nitrogens with two attached hydrogens (primary N) is 3. The second-order valence-corrected chi connectivity index (χ2v) is 6.18. The van der Waals surface area contributed by atoms with Crippen molar-refractivity contribution < 1.29 is 19.5 Å². The lowest BCUT2D eigenvalue weighted by molar-refractivity contribution is -0.131. The summed E-state index contributed by atoms with van der Waals surface area (Å²) in [4.78, 5) is 38.9. The number of nitrogens with zero attached hydrogens (tertiary/aromatic N) is 1. The Labute approximate surface area is 147 Å². The smallest absolute Gasteiger partial charge is 0.245 e. The summed E-state index contributed by atoms with van der Waals surface area (Å²) in [5, 5.41) is 14.2. The average Bonchev–Trinajstić information content (AvgIpc) is 2.53. The summed E-state index contributed by atoms with van der Waals surface area (Å²) < 4.78 is 0. The van der Waals surface area contributed by atoms with Crippen LogP contribution >= 0.6 is 0 Å². The molecular weight excluding hydrogens is 328 g/mol. The van der Waals surface area contributed by atoms with Crippen molar-refractivity contribution in [3.05, 3.63) is 0 Å². The van der Waals surface area contributed by atoms with Gasteiger partial charge in [0.2, 0.25) is 11.8 Å². The number of hydrogen-bond acceptors (Lipinski definition) is 6. The molecule has 0 saturated heterocycles. The van der Waals surface area contributed by atoms with E-state index in [2.05, 4.69) is 15.6 Å². The molecule has 0 rings (SSSR count). The number of carbonyl (C=O) groups is 3. The van der Waals surface area contributed by atoms with Gasteiger partial charge in [-0.15, -0.1) is 0 Å². The summed E-state index contributed by atoms with van der Waals surface area (Å²) in [5.41, 5.74) is 16.1. The molecule has 0 spiro atoms. The highest BCUT2D eigenvalue weighted by Gasteiger charge is 2.25. The van der Waals surface area contributed by atoms with Crippen molar-refractivity contribution in [2.24, 2.45) is 28.1 Å². The number of aliphatic hydroxyl groups is 1.